The Morgan fingerprint density at radius 1 is 0.462 bits per heavy atom. The second kappa shape index (κ2) is 49.2. The molecule has 0 saturated carbocycles. The van der Waals surface area contributed by atoms with Crippen LogP contribution in [0.1, 0.15) is 146 Å². The van der Waals surface area contributed by atoms with E-state index in [1.54, 1.807) is 66.8 Å². The van der Waals surface area contributed by atoms with Crippen molar-refractivity contribution in [1.82, 2.24) is 73.7 Å². The first-order valence-electron chi connectivity index (χ1n) is 44.1. The molecular formula is C97H111BrClN15O13S4Sn. The van der Waals surface area contributed by atoms with Gasteiger partial charge in [0.2, 0.25) is 11.8 Å². The number of alkyl halides is 1. The minimum absolute atomic E-state index is 0.0287. The number of carbonyl (C=O) groups is 6. The Morgan fingerprint density at radius 3 is 1.21 bits per heavy atom. The third-order valence-corrected chi connectivity index (χ3v) is 42.4. The molecule has 17 rings (SSSR count). The number of methoxy groups -OCH3 is 6. The van der Waals surface area contributed by atoms with E-state index < -0.39 is 47.9 Å². The van der Waals surface area contributed by atoms with E-state index in [0.717, 1.165) is 119 Å². The van der Waals surface area contributed by atoms with Crippen LogP contribution in [0.15, 0.2) is 167 Å². The molecule has 13 aromatic heterocycles. The van der Waals surface area contributed by atoms with E-state index in [-0.39, 0.29) is 62.6 Å². The summed E-state index contributed by atoms with van der Waals surface area (Å²) in [7, 11) is 12.0. The first-order valence-corrected chi connectivity index (χ1v) is 56.6. The minimum Gasteiger partial charge on any atom is -0.480 e. The zero-order valence-electron chi connectivity index (χ0n) is 76.4. The molecule has 1 atom stereocenters. The molecule has 0 aromatic carbocycles. The van der Waals surface area contributed by atoms with Gasteiger partial charge in [-0.15, -0.1) is 45.3 Å². The number of hydrogen-bond donors (Lipinski definition) is 1. The van der Waals surface area contributed by atoms with Gasteiger partial charge in [-0.2, -0.15) is 9.97 Å². The van der Waals surface area contributed by atoms with E-state index in [1.165, 1.54) is 143 Å². The standard InChI is InChI=1S/C25H23N5O4S.C24H21N5O4S.C19H16ClN3O2S.C6H7BrS.C6H7N2O2.C5H10O.3C4H9.Sn/c1-29-23(31)19(17-13-27-25(34-3)28-22(17)33-2)20(24(29)32)18-14-30(21-16(18)9-4-10-26-21)11-5-7-15-8-6-12-35-15;1-32-23-16(12-26-24(28-23)33-2)18-19(22(31)27-21(18)30)17-13-29(20-15(17)8-3-9-25-20)10-4-6-14-7-5-11-34-14;1-22-18(24)15(16(20)19(22)25)14-11-23(17-13(14)7-2-8-21-17)9-3-5-12-6-4-10-26-12;7-4-3-6-2-1-5-8-6;1-9-5-3-4-7-6(8-5)10-2;1-5-3-2-4-6-5;3*1-3-4-2;/h4,6,8-10,12-14H,5,7,11H2,1-3H3;3,5,7-9,11-13H,4,6,10H2,1-2H3,(H,27,30,31);2,4,6-8,10-11H,3,5,9H2,1H3;1-2,5H,3-4H2;3H,1-2H3;5H,2-4H2,1H3;3*1,3-4H2,2H3;. The summed E-state index contributed by atoms with van der Waals surface area (Å²) in [5.74, 6) is -1.76. The van der Waals surface area contributed by atoms with Crippen LogP contribution in [0.5, 0.6) is 35.7 Å². The van der Waals surface area contributed by atoms with Crippen LogP contribution in [0.2, 0.25) is 13.3 Å². The van der Waals surface area contributed by atoms with E-state index in [1.807, 2.05) is 86.1 Å². The normalized spacial score (nSPS) is 14.3. The van der Waals surface area contributed by atoms with E-state index in [4.69, 9.17) is 49.7 Å². The van der Waals surface area contributed by atoms with Crippen molar-refractivity contribution in [3.8, 4) is 35.7 Å². The summed E-state index contributed by atoms with van der Waals surface area (Å²) in [4.78, 5) is 124. The number of aryl methyl sites for hydroxylation is 7. The number of thiophene rings is 4. The summed E-state index contributed by atoms with van der Waals surface area (Å²) in [5, 5.41) is 14.2. The molecule has 0 aliphatic carbocycles. The molecule has 28 nitrogen and oxygen atoms in total. The van der Waals surface area contributed by atoms with E-state index in [2.05, 4.69) is 159 Å². The summed E-state index contributed by atoms with van der Waals surface area (Å²) in [5.41, 5.74) is 5.99. The van der Waals surface area contributed by atoms with Gasteiger partial charge in [0.1, 0.15) is 22.0 Å². The molecule has 0 spiro atoms. The maximum atomic E-state index is 13.4. The quantitative estimate of drug-likeness (QED) is 0.0219. The van der Waals surface area contributed by atoms with Gasteiger partial charge in [0.05, 0.1) is 73.5 Å². The van der Waals surface area contributed by atoms with Gasteiger partial charge in [-0.3, -0.25) is 43.9 Å². The number of rotatable bonds is 35. The van der Waals surface area contributed by atoms with Crippen LogP contribution >= 0.6 is 72.9 Å². The van der Waals surface area contributed by atoms with E-state index in [9.17, 15) is 28.8 Å². The van der Waals surface area contributed by atoms with Gasteiger partial charge < -0.3 is 37.4 Å². The van der Waals surface area contributed by atoms with Crippen LogP contribution in [0.3, 0.4) is 0 Å². The fraction of sp³-hybridized carbons (Fsp3) is 0.371. The molecule has 1 saturated heterocycles. The molecule has 6 amide bonds. The van der Waals surface area contributed by atoms with Gasteiger partial charge in [-0.25, -0.2) is 24.9 Å². The number of likely N-dealkylation sites (N-methyl/N-ethyl adjacent to an activating group) is 2. The average Bonchev–Trinajstić information content (AvgIpc) is 1.58. The van der Waals surface area contributed by atoms with E-state index in [0.29, 0.717) is 45.8 Å². The van der Waals surface area contributed by atoms with Gasteiger partial charge in [0.25, 0.3) is 35.4 Å². The van der Waals surface area contributed by atoms with Crippen LogP contribution in [-0.4, -0.2) is 197 Å². The van der Waals surface area contributed by atoms with Crippen LogP contribution in [-0.2, 0) is 78.8 Å². The first kappa shape index (κ1) is 100. The number of amides is 6. The molecule has 1 fully saturated rings. The number of carbonyl (C=O) groups excluding carboxylic acids is 6. The predicted molar refractivity (Wildman–Crippen MR) is 529 cm³/mol. The smallest absolute Gasteiger partial charge is 0.319 e. The average molecular weight is 2060 g/mol. The molecule has 1 unspecified atom stereocenters. The van der Waals surface area contributed by atoms with Crippen molar-refractivity contribution in [2.24, 2.45) is 0 Å². The molecule has 4 aliphatic rings. The van der Waals surface area contributed by atoms with Gasteiger partial charge in [-0.05, 0) is 147 Å². The Labute approximate surface area is 802 Å². The zero-order chi connectivity index (χ0) is 93.8. The summed E-state index contributed by atoms with van der Waals surface area (Å²) < 4.78 is 48.4. The number of halogens is 2. The number of hydrogen-bond acceptors (Lipinski definition) is 26. The number of pyridine rings is 3. The van der Waals surface area contributed by atoms with Crippen LogP contribution in [0.4, 0.5) is 0 Å². The SMILES string of the molecule is BrCCc1cccs1.CC1CCCO1.CCC[CH2][Sn]([CH2]CCC)([CH2]CCC)[c]1cc(OC)nc(OC)n1.CN1C(=O)C(Cl)=C(c2cn(CCCc3cccs3)c3ncccc23)C1=O.COc1ncc(C2=C(c3cn(CCCc4cccs4)c4ncccc34)C(=O)N(C)C2=O)c(OC)n1.COc1ncc(C2=C(c3cn(CCCc4cccs4)c4ncccc34)C(=O)NC2=O)c(OC)n1. The summed E-state index contributed by atoms with van der Waals surface area (Å²) >= 11 is 14.1. The van der Waals surface area contributed by atoms with Crippen molar-refractivity contribution in [2.75, 3.05) is 68.7 Å². The van der Waals surface area contributed by atoms with Gasteiger partial charge in [0, 0.05) is 148 Å². The Hall–Kier alpha value is -10.9. The number of fused-ring (bicyclic) bond motifs is 3. The maximum absolute atomic E-state index is 13.4. The molecule has 0 radical (unpaired) electrons. The van der Waals surface area contributed by atoms with Crippen LogP contribution < -0.4 is 37.4 Å². The predicted octanol–water partition coefficient (Wildman–Crippen LogP) is 18.7. The van der Waals surface area contributed by atoms with Gasteiger partial charge in [0.15, 0.2) is 0 Å². The largest absolute Gasteiger partial charge is 0.480 e. The molecule has 1 N–H and O–H groups in total. The van der Waals surface area contributed by atoms with Gasteiger partial charge in [-0.1, -0.05) is 51.8 Å². The van der Waals surface area contributed by atoms with Crippen molar-refractivity contribution in [1.29, 1.82) is 0 Å². The molecule has 13 aromatic rings. The topological polar surface area (TPSA) is 316 Å². The van der Waals surface area contributed by atoms with Gasteiger partial charge >= 0.3 is 158 Å². The Bertz CT molecular complexity index is 6150. The zero-order valence-corrected chi connectivity index (χ0v) is 84.8. The molecule has 17 heterocycles. The fourth-order valence-electron chi connectivity index (χ4n) is 16.1. The number of aromatic nitrogens is 12. The minimum atomic E-state index is -2.54. The van der Waals surface area contributed by atoms with Crippen molar-refractivity contribution >= 4 is 191 Å². The van der Waals surface area contributed by atoms with Crippen LogP contribution in [0, 0.1) is 0 Å². The van der Waals surface area contributed by atoms with Crippen molar-refractivity contribution in [3.05, 3.63) is 214 Å². The molecule has 132 heavy (non-hydrogen) atoms. The fourth-order valence-corrected chi connectivity index (χ4v) is 35.4. The van der Waals surface area contributed by atoms with Crippen molar-refractivity contribution in [3.63, 3.8) is 0 Å². The Morgan fingerprint density at radius 2 is 0.856 bits per heavy atom. The summed E-state index contributed by atoms with van der Waals surface area (Å²) in [6, 6.07) is 30.7. The third kappa shape index (κ3) is 24.4. The molecule has 694 valence electrons. The second-order valence-electron chi connectivity index (χ2n) is 31.5. The number of nitrogens with zero attached hydrogens (tertiary/aromatic N) is 14. The van der Waals surface area contributed by atoms with Crippen LogP contribution in [0.25, 0.3) is 61.0 Å². The second-order valence-corrected chi connectivity index (χ2v) is 49.8. The van der Waals surface area contributed by atoms with E-state index >= 15 is 0 Å². The summed E-state index contributed by atoms with van der Waals surface area (Å²) in [6.45, 7) is 12.2. The molecular weight excluding hydrogens is 1950 g/mol. The molecule has 4 aliphatic heterocycles. The Kier molecular flexibility index (Phi) is 37.3. The maximum Gasteiger partial charge on any atom is 0.319 e. The third-order valence-electron chi connectivity index (χ3n) is 22.8. The molecule has 35 heteroatoms. The number of nitrogens with one attached hydrogen (secondary N) is 1. The van der Waals surface area contributed by atoms with Crippen molar-refractivity contribution in [2.45, 2.75) is 163 Å². The number of unbranched alkanes of at least 4 members (excludes halogenated alkanes) is 3. The number of imide groups is 3. The van der Waals surface area contributed by atoms with Crippen molar-refractivity contribution < 1.29 is 61.9 Å². The number of ether oxygens (including phenoxy) is 7. The Balaban J connectivity index is 0.000000153. The monoisotopic (exact) mass is 2060 g/mol. The summed E-state index contributed by atoms with van der Waals surface area (Å²) in [6.07, 6.45) is 31.4. The first-order chi connectivity index (χ1) is 64.2. The molecule has 0 bridgehead atoms.